The zero-order valence-corrected chi connectivity index (χ0v) is 38.6. The van der Waals surface area contributed by atoms with Crippen LogP contribution in [0.2, 0.25) is 13.1 Å². The van der Waals surface area contributed by atoms with Crippen LogP contribution in [0.25, 0.3) is 34.4 Å². The van der Waals surface area contributed by atoms with Crippen molar-refractivity contribution in [1.82, 2.24) is 0 Å². The van der Waals surface area contributed by atoms with E-state index in [-0.39, 0.29) is 7.25 Å². The first-order chi connectivity index (χ1) is 24.8. The third-order valence-electron chi connectivity index (χ3n) is 12.5. The van der Waals surface area contributed by atoms with Gasteiger partial charge in [0.15, 0.2) is 0 Å². The van der Waals surface area contributed by atoms with Gasteiger partial charge in [0.2, 0.25) is 0 Å². The molecule has 275 valence electrons. The van der Waals surface area contributed by atoms with Gasteiger partial charge in [-0.05, 0) is 0 Å². The van der Waals surface area contributed by atoms with Crippen molar-refractivity contribution in [2.75, 3.05) is 0 Å². The molecule has 4 aromatic carbocycles. The molecule has 0 aromatic heterocycles. The van der Waals surface area contributed by atoms with Crippen LogP contribution in [0, 0.1) is 0 Å². The van der Waals surface area contributed by atoms with Crippen molar-refractivity contribution in [3.05, 3.63) is 128 Å². The maximum atomic E-state index is 8.86. The molecule has 2 atom stereocenters. The van der Waals surface area contributed by atoms with Gasteiger partial charge in [-0.1, -0.05) is 0 Å². The summed E-state index contributed by atoms with van der Waals surface area (Å²) in [6, 6.07) is 28.0. The molecule has 4 heteroatoms. The summed E-state index contributed by atoms with van der Waals surface area (Å²) < 4.78 is 0.203. The third-order valence-corrected chi connectivity index (χ3v) is 64.4. The zero-order valence-electron chi connectivity index (χ0n) is 33.5. The van der Waals surface area contributed by atoms with Crippen molar-refractivity contribution in [3.63, 3.8) is 0 Å². The van der Waals surface area contributed by atoms with Crippen LogP contribution < -0.4 is 0 Å². The van der Waals surface area contributed by atoms with E-state index >= 15 is 0 Å². The van der Waals surface area contributed by atoms with E-state index in [4.69, 9.17) is 17.0 Å². The molecule has 0 bridgehead atoms. The first-order valence-corrected chi connectivity index (χ1v) is 36.6. The van der Waals surface area contributed by atoms with Crippen molar-refractivity contribution in [2.45, 2.75) is 126 Å². The van der Waals surface area contributed by atoms with E-state index in [0.29, 0.717) is 11.8 Å². The van der Waals surface area contributed by atoms with Crippen LogP contribution in [0.5, 0.6) is 0 Å². The Labute approximate surface area is 324 Å². The molecule has 0 N–H and O–H groups in total. The number of hydrogen-bond acceptors (Lipinski definition) is 0. The van der Waals surface area contributed by atoms with Crippen LogP contribution in [-0.4, -0.2) is 5.92 Å². The van der Waals surface area contributed by atoms with Gasteiger partial charge in [0.25, 0.3) is 0 Å². The van der Waals surface area contributed by atoms with Crippen molar-refractivity contribution in [1.29, 1.82) is 0 Å². The quantitative estimate of drug-likeness (QED) is 0.118. The number of hydrogen-bond donors (Lipinski definition) is 0. The summed E-state index contributed by atoms with van der Waals surface area (Å²) in [5.41, 5.74) is 19.8. The molecule has 0 saturated heterocycles. The molecular formula is C48H61Cl2SiZr. The van der Waals surface area contributed by atoms with Crippen LogP contribution >= 0.6 is 17.0 Å². The second-order valence-corrected chi connectivity index (χ2v) is 59.1. The fourth-order valence-electron chi connectivity index (χ4n) is 9.91. The minimum absolute atomic E-state index is 0.102. The summed E-state index contributed by atoms with van der Waals surface area (Å²) in [4.78, 5) is 0. The Morgan fingerprint density at radius 2 is 0.962 bits per heavy atom. The standard InChI is InChI=1S/2C23H27.C2H7Si.2ClH.Zr/c2*1-5-9-18-12-13-19-14-17(6-2)15-22(19)23(18)21-11-8-7-10-20(21)16(3)4;1-3-2;;;/h2*7-8,10-16H,5-6,9H2,1-4H3;3H,1-2H3;2*1H;/q;;;;;+2/p-2. The topological polar surface area (TPSA) is 0 Å². The number of fused-ring (bicyclic) bond motifs is 2. The Morgan fingerprint density at radius 1 is 0.577 bits per heavy atom. The number of rotatable bonds is 13. The fraction of sp³-hybridized carbons (Fsp3) is 0.417. The second kappa shape index (κ2) is 15.6. The summed E-state index contributed by atoms with van der Waals surface area (Å²) in [6.07, 6.45) is 11.4. The summed E-state index contributed by atoms with van der Waals surface area (Å²) >= 11 is -4.91. The Morgan fingerprint density at radius 3 is 1.29 bits per heavy atom. The zero-order chi connectivity index (χ0) is 37.6. The molecule has 0 spiro atoms. The molecule has 0 radical (unpaired) electrons. The molecule has 4 aromatic rings. The van der Waals surface area contributed by atoms with Crippen LogP contribution in [0.1, 0.15) is 145 Å². The average Bonchev–Trinajstić information content (AvgIpc) is 3.71. The molecule has 0 nitrogen and oxygen atoms in total. The van der Waals surface area contributed by atoms with Gasteiger partial charge in [0.05, 0.1) is 0 Å². The van der Waals surface area contributed by atoms with E-state index < -0.39 is 21.5 Å². The monoisotopic (exact) mass is 825 g/mol. The van der Waals surface area contributed by atoms with Crippen LogP contribution in [0.4, 0.5) is 0 Å². The van der Waals surface area contributed by atoms with Gasteiger partial charge < -0.3 is 0 Å². The van der Waals surface area contributed by atoms with E-state index in [1.54, 1.807) is 0 Å². The van der Waals surface area contributed by atoms with Gasteiger partial charge in [0, 0.05) is 0 Å². The van der Waals surface area contributed by atoms with Crippen LogP contribution in [0.3, 0.4) is 0 Å². The van der Waals surface area contributed by atoms with Gasteiger partial charge in [-0.3, -0.25) is 0 Å². The molecule has 0 saturated carbocycles. The van der Waals surface area contributed by atoms with Crippen molar-refractivity contribution in [2.24, 2.45) is 0 Å². The minimum atomic E-state index is -4.91. The number of allylic oxidation sites excluding steroid dienone is 2. The Balaban J connectivity index is 1.65. The van der Waals surface area contributed by atoms with Crippen LogP contribution in [0.15, 0.2) is 83.9 Å². The van der Waals surface area contributed by atoms with E-state index in [1.165, 1.54) is 77.9 Å². The Bertz CT molecular complexity index is 1890. The SMILES string of the molecule is CCCc1ccc2c(c1-c1ccccc1C(C)C)C=C(CC)[CH]2[Zr]([Cl])([Cl])([CH]1C(CC)=Cc2c1ccc(CCC)c2-c1ccccc1C(C)C)[SiH](C)C. The molecule has 2 unspecified atom stereocenters. The normalized spacial score (nSPS) is 17.7. The second-order valence-electron chi connectivity index (χ2n) is 16.6. The summed E-state index contributed by atoms with van der Waals surface area (Å²) in [5, 5.41) is 0. The average molecular weight is 828 g/mol. The van der Waals surface area contributed by atoms with E-state index in [2.05, 4.69) is 153 Å². The molecule has 0 aliphatic heterocycles. The Hall–Kier alpha value is -1.96. The molecule has 6 rings (SSSR count). The fourth-order valence-corrected chi connectivity index (χ4v) is 41.7. The number of halogens is 2. The molecule has 0 amide bonds. The van der Waals surface area contributed by atoms with Crippen molar-refractivity contribution >= 4 is 35.1 Å². The molecule has 52 heavy (non-hydrogen) atoms. The van der Waals surface area contributed by atoms with E-state index in [0.717, 1.165) is 38.5 Å². The van der Waals surface area contributed by atoms with Crippen molar-refractivity contribution in [3.8, 4) is 22.3 Å². The first-order valence-electron chi connectivity index (χ1n) is 20.3. The number of benzene rings is 4. The van der Waals surface area contributed by atoms with Gasteiger partial charge in [-0.2, -0.15) is 0 Å². The molecular weight excluding hydrogens is 767 g/mol. The van der Waals surface area contributed by atoms with Crippen LogP contribution in [-0.2, 0) is 28.4 Å². The molecule has 0 heterocycles. The van der Waals surface area contributed by atoms with Gasteiger partial charge in [-0.25, -0.2) is 0 Å². The summed E-state index contributed by atoms with van der Waals surface area (Å²) in [6.45, 7) is 23.6. The first kappa shape index (κ1) is 39.7. The van der Waals surface area contributed by atoms with Gasteiger partial charge in [-0.15, -0.1) is 0 Å². The number of aryl methyl sites for hydroxylation is 2. The van der Waals surface area contributed by atoms with Gasteiger partial charge >= 0.3 is 327 Å². The van der Waals surface area contributed by atoms with E-state index in [9.17, 15) is 0 Å². The summed E-state index contributed by atoms with van der Waals surface area (Å²) in [7, 11) is 17.7. The summed E-state index contributed by atoms with van der Waals surface area (Å²) in [5.74, 6) is -0.803. The third kappa shape index (κ3) is 6.48. The predicted octanol–water partition coefficient (Wildman–Crippen LogP) is 15.5. The van der Waals surface area contributed by atoms with Crippen molar-refractivity contribution < 1.29 is 15.6 Å². The molecule has 0 fully saturated rings. The Kier molecular flexibility index (Phi) is 12.0. The molecule has 2 aliphatic rings. The van der Waals surface area contributed by atoms with E-state index in [1.807, 2.05) is 0 Å². The maximum absolute atomic E-state index is 8.86. The molecule has 2 aliphatic carbocycles. The predicted molar refractivity (Wildman–Crippen MR) is 233 cm³/mol. The van der Waals surface area contributed by atoms with Gasteiger partial charge in [0.1, 0.15) is 0 Å².